The minimum atomic E-state index is -3.95. The number of rotatable bonds is 12. The van der Waals surface area contributed by atoms with E-state index in [0.717, 1.165) is 29.2 Å². The Labute approximate surface area is 360 Å². The standard InChI is InChI=1S/C41H30ClF8N9O4S/c1-57-34-29(6-5-26(42)32(34)38(55-57)56-64(2,62)63)59-39(53-27-11-18(3-4-23(27)40(59)61)19-10-20(36(45)46)15-51-14-19)28(9-17-7-21(43)12-22(44)8-17)52-30(60)16-58-35-31(33(54-58)37(47)48)24-13-25(24)41(35,49)50/h3-8,10-12,14-15,24-25,28,36-37H,9,13,16H2,1-2H3,(H,52,60)(H,55,56)/t24-,25+,28-/m0/s1. The van der Waals surface area contributed by atoms with Crippen LogP contribution in [-0.2, 0) is 40.8 Å². The van der Waals surface area contributed by atoms with Gasteiger partial charge in [-0.3, -0.25) is 33.2 Å². The molecule has 7 aromatic rings. The smallest absolute Gasteiger partial charge is 0.293 e. The van der Waals surface area contributed by atoms with E-state index in [0.29, 0.717) is 10.7 Å². The zero-order chi connectivity index (χ0) is 45.7. The maximum absolute atomic E-state index is 15.5. The molecular weight excluding hydrogens is 902 g/mol. The first-order valence-corrected chi connectivity index (χ1v) is 21.4. The van der Waals surface area contributed by atoms with Crippen molar-refractivity contribution in [3.8, 4) is 16.8 Å². The van der Waals surface area contributed by atoms with Crippen molar-refractivity contribution >= 4 is 55.2 Å². The number of anilines is 1. The second kappa shape index (κ2) is 15.4. The number of aryl methyl sites for hydroxylation is 1. The molecule has 0 aliphatic heterocycles. The summed E-state index contributed by atoms with van der Waals surface area (Å²) in [5, 5.41) is 10.5. The number of amides is 1. The number of hydrogen-bond donors (Lipinski definition) is 2. The van der Waals surface area contributed by atoms with Crippen LogP contribution in [-0.4, -0.2) is 54.7 Å². The molecule has 1 amide bonds. The largest absolute Gasteiger partial charge is 0.344 e. The lowest BCUT2D eigenvalue weighted by Crippen LogP contribution is -2.38. The molecule has 0 radical (unpaired) electrons. The van der Waals surface area contributed by atoms with Crippen molar-refractivity contribution in [2.45, 2.75) is 50.1 Å². The molecule has 4 aromatic heterocycles. The minimum Gasteiger partial charge on any atom is -0.344 e. The first-order valence-electron chi connectivity index (χ1n) is 19.1. The van der Waals surface area contributed by atoms with Crippen LogP contribution in [0.2, 0.25) is 5.02 Å². The summed E-state index contributed by atoms with van der Waals surface area (Å²) in [6.07, 6.45) is -3.55. The van der Waals surface area contributed by atoms with Crippen molar-refractivity contribution in [2.75, 3.05) is 11.0 Å². The van der Waals surface area contributed by atoms with Crippen LogP contribution in [0.5, 0.6) is 0 Å². The lowest BCUT2D eigenvalue weighted by Gasteiger charge is -2.24. The number of alkyl halides is 6. The number of benzene rings is 3. The monoisotopic (exact) mass is 931 g/mol. The average Bonchev–Trinajstić information content (AvgIpc) is 3.75. The molecule has 1 saturated carbocycles. The molecular formula is C41H30ClF8N9O4S. The maximum Gasteiger partial charge on any atom is 0.293 e. The second-order valence-electron chi connectivity index (χ2n) is 15.6. The molecule has 64 heavy (non-hydrogen) atoms. The van der Waals surface area contributed by atoms with Gasteiger partial charge in [-0.1, -0.05) is 17.7 Å². The molecule has 1 fully saturated rings. The summed E-state index contributed by atoms with van der Waals surface area (Å²) >= 11 is 6.60. The number of hydrogen-bond acceptors (Lipinski definition) is 8. The molecule has 0 bridgehead atoms. The van der Waals surface area contributed by atoms with E-state index < -0.39 is 99.7 Å². The number of nitrogens with one attached hydrogen (secondary N) is 2. The normalized spacial score (nSPS) is 17.0. The molecule has 2 aliphatic carbocycles. The highest BCUT2D eigenvalue weighted by atomic mass is 35.5. The van der Waals surface area contributed by atoms with Crippen LogP contribution in [0.3, 0.4) is 0 Å². The van der Waals surface area contributed by atoms with E-state index in [-0.39, 0.29) is 72.8 Å². The average molecular weight is 932 g/mol. The molecule has 2 aliphatic rings. The van der Waals surface area contributed by atoms with E-state index in [2.05, 4.69) is 25.2 Å². The Kier molecular flexibility index (Phi) is 10.3. The zero-order valence-corrected chi connectivity index (χ0v) is 34.5. The number of fused-ring (bicyclic) bond motifs is 5. The van der Waals surface area contributed by atoms with Crippen molar-refractivity contribution in [1.29, 1.82) is 0 Å². The number of pyridine rings is 1. The maximum atomic E-state index is 15.5. The van der Waals surface area contributed by atoms with Gasteiger partial charge in [0.15, 0.2) is 5.82 Å². The summed E-state index contributed by atoms with van der Waals surface area (Å²) in [6.45, 7) is -1.04. The lowest BCUT2D eigenvalue weighted by atomic mass is 10.0. The predicted octanol–water partition coefficient (Wildman–Crippen LogP) is 8.02. The van der Waals surface area contributed by atoms with E-state index in [9.17, 15) is 44.3 Å². The van der Waals surface area contributed by atoms with Gasteiger partial charge in [0, 0.05) is 54.5 Å². The van der Waals surface area contributed by atoms with Gasteiger partial charge >= 0.3 is 0 Å². The van der Waals surface area contributed by atoms with Crippen LogP contribution in [0.25, 0.3) is 38.6 Å². The fourth-order valence-electron chi connectivity index (χ4n) is 8.49. The molecule has 3 aromatic carbocycles. The summed E-state index contributed by atoms with van der Waals surface area (Å²) in [7, 11) is -2.54. The van der Waals surface area contributed by atoms with E-state index in [1.54, 1.807) is 0 Å². The van der Waals surface area contributed by atoms with Crippen LogP contribution in [0.1, 0.15) is 65.1 Å². The molecule has 0 unspecified atom stereocenters. The molecule has 23 heteroatoms. The summed E-state index contributed by atoms with van der Waals surface area (Å²) in [5.74, 6) is -9.46. The van der Waals surface area contributed by atoms with E-state index in [1.165, 1.54) is 54.3 Å². The van der Waals surface area contributed by atoms with Crippen LogP contribution < -0.4 is 15.6 Å². The second-order valence-corrected chi connectivity index (χ2v) is 17.7. The Balaban J connectivity index is 1.26. The molecule has 2 N–H and O–H groups in total. The number of carbonyl (C=O) groups excluding carboxylic acids is 1. The predicted molar refractivity (Wildman–Crippen MR) is 216 cm³/mol. The van der Waals surface area contributed by atoms with Gasteiger partial charge in [0.2, 0.25) is 15.9 Å². The fraction of sp³-hybridized carbons (Fsp3) is 0.268. The summed E-state index contributed by atoms with van der Waals surface area (Å²) in [4.78, 5) is 37.8. The van der Waals surface area contributed by atoms with Crippen molar-refractivity contribution < 1.29 is 48.3 Å². The number of carbonyl (C=O) groups is 1. The first kappa shape index (κ1) is 42.9. The highest BCUT2D eigenvalue weighted by Crippen LogP contribution is 2.68. The molecule has 332 valence electrons. The van der Waals surface area contributed by atoms with Gasteiger partial charge in [0.05, 0.1) is 44.8 Å². The Morgan fingerprint density at radius 3 is 2.39 bits per heavy atom. The molecule has 3 atom stereocenters. The van der Waals surface area contributed by atoms with Crippen molar-refractivity contribution in [3.05, 3.63) is 128 Å². The van der Waals surface area contributed by atoms with E-state index in [4.69, 9.17) is 16.6 Å². The number of aromatic nitrogens is 7. The van der Waals surface area contributed by atoms with E-state index >= 15 is 8.78 Å². The molecule has 13 nitrogen and oxygen atoms in total. The third-order valence-electron chi connectivity index (χ3n) is 11.1. The van der Waals surface area contributed by atoms with E-state index in [1.807, 2.05) is 0 Å². The van der Waals surface area contributed by atoms with Gasteiger partial charge in [-0.25, -0.2) is 39.7 Å². The molecule has 9 rings (SSSR count). The summed E-state index contributed by atoms with van der Waals surface area (Å²) in [6, 6.07) is 8.85. The van der Waals surface area contributed by atoms with Gasteiger partial charge in [0.1, 0.15) is 35.4 Å². The van der Waals surface area contributed by atoms with Crippen molar-refractivity contribution in [2.24, 2.45) is 13.0 Å². The molecule has 0 saturated heterocycles. The van der Waals surface area contributed by atoms with Crippen LogP contribution in [0.15, 0.2) is 71.8 Å². The van der Waals surface area contributed by atoms with Gasteiger partial charge in [0.25, 0.3) is 24.3 Å². The van der Waals surface area contributed by atoms with Gasteiger partial charge in [-0.05, 0) is 65.9 Å². The van der Waals surface area contributed by atoms with Crippen LogP contribution >= 0.6 is 11.6 Å². The van der Waals surface area contributed by atoms with Gasteiger partial charge < -0.3 is 5.32 Å². The Bertz CT molecular complexity index is 3250. The minimum absolute atomic E-state index is 0.0148. The lowest BCUT2D eigenvalue weighted by molar-refractivity contribution is -0.123. The van der Waals surface area contributed by atoms with Crippen LogP contribution in [0.4, 0.5) is 40.9 Å². The quantitative estimate of drug-likeness (QED) is 0.117. The van der Waals surface area contributed by atoms with Crippen LogP contribution in [0, 0.1) is 17.6 Å². The number of nitrogens with zero attached hydrogens (tertiary/aromatic N) is 7. The SMILES string of the molecule is Cn1nc(NS(C)(=O)=O)c2c(Cl)ccc(-n3c([C@H](Cc4cc(F)cc(F)c4)NC(=O)Cn4nc(C(F)F)c5c4C(F)(F)[C@@H]4C[C@H]54)nc4cc(-c5cncc(C(F)F)c5)ccc4c3=O)c21. The first-order chi connectivity index (χ1) is 30.2. The fourth-order valence-corrected chi connectivity index (χ4v) is 9.23. The number of sulfonamides is 1. The Morgan fingerprint density at radius 2 is 1.70 bits per heavy atom. The Hall–Kier alpha value is -6.42. The Morgan fingerprint density at radius 1 is 0.969 bits per heavy atom. The number of halogens is 9. The topological polar surface area (TPSA) is 159 Å². The summed E-state index contributed by atoms with van der Waals surface area (Å²) < 4.78 is 146. The van der Waals surface area contributed by atoms with Crippen molar-refractivity contribution in [1.82, 2.24) is 39.4 Å². The molecule has 0 spiro atoms. The highest BCUT2D eigenvalue weighted by Gasteiger charge is 2.67. The van der Waals surface area contributed by atoms with Gasteiger partial charge in [-0.15, -0.1) is 0 Å². The molecule has 4 heterocycles. The summed E-state index contributed by atoms with van der Waals surface area (Å²) in [5.41, 5.74) is -3.01. The zero-order valence-electron chi connectivity index (χ0n) is 32.9. The highest BCUT2D eigenvalue weighted by molar-refractivity contribution is 7.92. The third kappa shape index (κ3) is 7.50. The van der Waals surface area contributed by atoms with Crippen molar-refractivity contribution in [3.63, 3.8) is 0 Å². The third-order valence-corrected chi connectivity index (χ3v) is 12.0. The van der Waals surface area contributed by atoms with Gasteiger partial charge in [-0.2, -0.15) is 19.0 Å².